The molecule has 2 unspecified atom stereocenters. The third-order valence-corrected chi connectivity index (χ3v) is 3.17. The van der Waals surface area contributed by atoms with Crippen molar-refractivity contribution in [1.29, 1.82) is 0 Å². The molecule has 1 aliphatic heterocycles. The molecule has 0 saturated carbocycles. The number of nitrogens with one attached hydrogen (secondary N) is 1. The second-order valence-electron chi connectivity index (χ2n) is 4.49. The van der Waals surface area contributed by atoms with Gasteiger partial charge in [0.15, 0.2) is 5.82 Å². The summed E-state index contributed by atoms with van der Waals surface area (Å²) in [4.78, 5) is 3.93. The molecule has 16 heavy (non-hydrogen) atoms. The minimum Gasteiger partial charge on any atom is -0.311 e. The fraction of sp³-hybridized carbons (Fsp3) is 0.900. The van der Waals surface area contributed by atoms with Crippen molar-refractivity contribution in [2.75, 3.05) is 13.1 Å². The SMILES string of the molecule is CCC1CN(Cc2nnn(C)n2)C(C)CN1. The standard InChI is InChI=1S/C10H20N6/c1-4-9-6-16(8(2)5-11-9)7-10-12-14-15(3)13-10/h8-9,11H,4-7H2,1-3H3. The molecular weight excluding hydrogens is 204 g/mol. The third-order valence-electron chi connectivity index (χ3n) is 3.17. The second-order valence-corrected chi connectivity index (χ2v) is 4.49. The Balaban J connectivity index is 1.96. The van der Waals surface area contributed by atoms with E-state index in [1.165, 1.54) is 4.80 Å². The quantitative estimate of drug-likeness (QED) is 0.769. The number of tetrazole rings is 1. The van der Waals surface area contributed by atoms with Gasteiger partial charge in [0.1, 0.15) is 0 Å². The third kappa shape index (κ3) is 2.56. The van der Waals surface area contributed by atoms with Crippen LogP contribution in [0.15, 0.2) is 0 Å². The van der Waals surface area contributed by atoms with E-state index in [1.54, 1.807) is 7.05 Å². The van der Waals surface area contributed by atoms with Crippen molar-refractivity contribution in [2.24, 2.45) is 7.05 Å². The van der Waals surface area contributed by atoms with E-state index >= 15 is 0 Å². The molecule has 1 N–H and O–H groups in total. The van der Waals surface area contributed by atoms with Gasteiger partial charge < -0.3 is 5.32 Å². The summed E-state index contributed by atoms with van der Waals surface area (Å²) in [7, 11) is 1.80. The van der Waals surface area contributed by atoms with Crippen molar-refractivity contribution in [1.82, 2.24) is 30.4 Å². The Hall–Kier alpha value is -1.01. The number of aryl methyl sites for hydroxylation is 1. The zero-order valence-electron chi connectivity index (χ0n) is 10.2. The van der Waals surface area contributed by atoms with Crippen LogP contribution in [0.5, 0.6) is 0 Å². The zero-order chi connectivity index (χ0) is 11.5. The lowest BCUT2D eigenvalue weighted by molar-refractivity contribution is 0.128. The molecule has 1 aromatic heterocycles. The molecule has 6 nitrogen and oxygen atoms in total. The highest BCUT2D eigenvalue weighted by Crippen LogP contribution is 2.11. The van der Waals surface area contributed by atoms with Crippen molar-refractivity contribution < 1.29 is 0 Å². The largest absolute Gasteiger partial charge is 0.311 e. The summed E-state index contributed by atoms with van der Waals surface area (Å²) < 4.78 is 0. The number of aromatic nitrogens is 4. The summed E-state index contributed by atoms with van der Waals surface area (Å²) in [5.41, 5.74) is 0. The summed E-state index contributed by atoms with van der Waals surface area (Å²) >= 11 is 0. The molecule has 1 saturated heterocycles. The molecule has 90 valence electrons. The molecule has 0 aliphatic carbocycles. The number of piperazine rings is 1. The van der Waals surface area contributed by atoms with Crippen LogP contribution in [0.3, 0.4) is 0 Å². The number of hydrogen-bond donors (Lipinski definition) is 1. The lowest BCUT2D eigenvalue weighted by atomic mass is 10.1. The van der Waals surface area contributed by atoms with Crippen LogP contribution in [-0.4, -0.2) is 50.3 Å². The molecule has 2 atom stereocenters. The Kier molecular flexibility index (Phi) is 3.50. The maximum atomic E-state index is 4.22. The molecule has 0 radical (unpaired) electrons. The first kappa shape index (κ1) is 11.5. The Morgan fingerprint density at radius 1 is 1.50 bits per heavy atom. The molecule has 0 aromatic carbocycles. The van der Waals surface area contributed by atoms with Gasteiger partial charge >= 0.3 is 0 Å². The Morgan fingerprint density at radius 3 is 2.94 bits per heavy atom. The first-order valence-electron chi connectivity index (χ1n) is 5.89. The summed E-state index contributed by atoms with van der Waals surface area (Å²) in [5, 5.41) is 15.7. The molecule has 1 aliphatic rings. The van der Waals surface area contributed by atoms with Crippen molar-refractivity contribution in [3.8, 4) is 0 Å². The molecule has 0 amide bonds. The van der Waals surface area contributed by atoms with Crippen LogP contribution >= 0.6 is 0 Å². The van der Waals surface area contributed by atoms with Gasteiger partial charge in [-0.15, -0.1) is 10.2 Å². The maximum absolute atomic E-state index is 4.22. The maximum Gasteiger partial charge on any atom is 0.188 e. The molecule has 2 rings (SSSR count). The summed E-state index contributed by atoms with van der Waals surface area (Å²) in [5.74, 6) is 0.811. The highest BCUT2D eigenvalue weighted by molar-refractivity contribution is 4.87. The van der Waals surface area contributed by atoms with Crippen molar-refractivity contribution in [3.05, 3.63) is 5.82 Å². The van der Waals surface area contributed by atoms with Crippen LogP contribution in [0.2, 0.25) is 0 Å². The van der Waals surface area contributed by atoms with Crippen LogP contribution in [0.4, 0.5) is 0 Å². The van der Waals surface area contributed by atoms with Gasteiger partial charge in [0, 0.05) is 25.2 Å². The molecule has 0 bridgehead atoms. The lowest BCUT2D eigenvalue weighted by Gasteiger charge is -2.37. The van der Waals surface area contributed by atoms with E-state index < -0.39 is 0 Å². The molecule has 6 heteroatoms. The topological polar surface area (TPSA) is 58.9 Å². The molecular formula is C10H20N6. The Bertz CT molecular complexity index is 336. The van der Waals surface area contributed by atoms with Crippen molar-refractivity contribution >= 4 is 0 Å². The van der Waals surface area contributed by atoms with E-state index in [9.17, 15) is 0 Å². The van der Waals surface area contributed by atoms with E-state index in [0.29, 0.717) is 12.1 Å². The summed E-state index contributed by atoms with van der Waals surface area (Å²) in [6.07, 6.45) is 1.16. The zero-order valence-corrected chi connectivity index (χ0v) is 10.2. The van der Waals surface area contributed by atoms with Crippen molar-refractivity contribution in [2.45, 2.75) is 38.9 Å². The van der Waals surface area contributed by atoms with Gasteiger partial charge in [0.05, 0.1) is 13.6 Å². The van der Waals surface area contributed by atoms with Crippen LogP contribution in [0, 0.1) is 0 Å². The fourth-order valence-electron chi connectivity index (χ4n) is 2.06. The predicted octanol–water partition coefficient (Wildman–Crippen LogP) is -0.218. The van der Waals surface area contributed by atoms with E-state index in [-0.39, 0.29) is 0 Å². The van der Waals surface area contributed by atoms with E-state index in [1.807, 2.05) is 0 Å². The van der Waals surface area contributed by atoms with E-state index in [4.69, 9.17) is 0 Å². The molecule has 1 aromatic rings. The van der Waals surface area contributed by atoms with Crippen LogP contribution in [0.25, 0.3) is 0 Å². The number of hydrogen-bond acceptors (Lipinski definition) is 5. The van der Waals surface area contributed by atoms with Crippen molar-refractivity contribution in [3.63, 3.8) is 0 Å². The first-order valence-corrected chi connectivity index (χ1v) is 5.89. The summed E-state index contributed by atoms with van der Waals surface area (Å²) in [6.45, 7) is 7.35. The minimum atomic E-state index is 0.534. The van der Waals surface area contributed by atoms with Gasteiger partial charge in [0.25, 0.3) is 0 Å². The Labute approximate surface area is 96.0 Å². The fourth-order valence-corrected chi connectivity index (χ4v) is 2.06. The highest BCUT2D eigenvalue weighted by atomic mass is 15.6. The van der Waals surface area contributed by atoms with E-state index in [0.717, 1.165) is 31.9 Å². The number of nitrogens with zero attached hydrogens (tertiary/aromatic N) is 5. The van der Waals surface area contributed by atoms with Crippen LogP contribution in [0.1, 0.15) is 26.1 Å². The predicted molar refractivity (Wildman–Crippen MR) is 60.8 cm³/mol. The average molecular weight is 224 g/mol. The van der Waals surface area contributed by atoms with Gasteiger partial charge in [-0.05, 0) is 18.6 Å². The minimum absolute atomic E-state index is 0.534. The highest BCUT2D eigenvalue weighted by Gasteiger charge is 2.24. The van der Waals surface area contributed by atoms with Gasteiger partial charge in [-0.25, -0.2) is 0 Å². The first-order chi connectivity index (χ1) is 7.69. The summed E-state index contributed by atoms with van der Waals surface area (Å²) in [6, 6.07) is 1.12. The monoisotopic (exact) mass is 224 g/mol. The second kappa shape index (κ2) is 4.88. The molecule has 0 spiro atoms. The Morgan fingerprint density at radius 2 is 2.31 bits per heavy atom. The van der Waals surface area contributed by atoms with Crippen LogP contribution < -0.4 is 5.32 Å². The van der Waals surface area contributed by atoms with Gasteiger partial charge in [0.2, 0.25) is 0 Å². The van der Waals surface area contributed by atoms with Gasteiger partial charge in [-0.3, -0.25) is 4.90 Å². The smallest absolute Gasteiger partial charge is 0.188 e. The van der Waals surface area contributed by atoms with Crippen LogP contribution in [-0.2, 0) is 13.6 Å². The van der Waals surface area contributed by atoms with Gasteiger partial charge in [-0.2, -0.15) is 4.80 Å². The molecule has 2 heterocycles. The molecule has 1 fully saturated rings. The van der Waals surface area contributed by atoms with E-state index in [2.05, 4.69) is 39.5 Å². The van der Waals surface area contributed by atoms with Gasteiger partial charge in [-0.1, -0.05) is 6.92 Å². The lowest BCUT2D eigenvalue weighted by Crippen LogP contribution is -2.54. The average Bonchev–Trinajstić information content (AvgIpc) is 2.67. The normalized spacial score (nSPS) is 27.2. The number of rotatable bonds is 3.